The van der Waals surface area contributed by atoms with Crippen LogP contribution in [0.1, 0.15) is 56.9 Å². The van der Waals surface area contributed by atoms with E-state index in [0.29, 0.717) is 13.0 Å². The summed E-state index contributed by atoms with van der Waals surface area (Å²) in [7, 11) is 0. The van der Waals surface area contributed by atoms with Gasteiger partial charge in [0, 0.05) is 36.6 Å². The highest BCUT2D eigenvalue weighted by atomic mass is 16.3. The van der Waals surface area contributed by atoms with Crippen molar-refractivity contribution in [1.29, 1.82) is 0 Å². The summed E-state index contributed by atoms with van der Waals surface area (Å²) in [6.07, 6.45) is 0.344. The normalized spacial score (nSPS) is 22.9. The smallest absolute Gasteiger partial charge is 0.213 e. The first-order valence-electron chi connectivity index (χ1n) is 9.79. The number of phenols is 2. The predicted molar refractivity (Wildman–Crippen MR) is 109 cm³/mol. The number of benzene rings is 2. The molecule has 0 saturated carbocycles. The molecular formula is C23H23NO6. The van der Waals surface area contributed by atoms with E-state index in [2.05, 4.69) is 5.32 Å². The number of rotatable bonds is 4. The lowest BCUT2D eigenvalue weighted by atomic mass is 9.75. The van der Waals surface area contributed by atoms with Crippen LogP contribution < -0.4 is 5.32 Å². The average Bonchev–Trinajstić information content (AvgIpc) is 2.68. The van der Waals surface area contributed by atoms with Crippen LogP contribution in [0.4, 0.5) is 0 Å². The SMILES string of the molecule is C[C@]1(O)Cc2c(O)c3c(c(O)c2[C@@H](O)C1)C(=O)C=C(NCCc1ccccc1)C3=O. The van der Waals surface area contributed by atoms with E-state index in [0.717, 1.165) is 11.6 Å². The van der Waals surface area contributed by atoms with Crippen LogP contribution in [0.15, 0.2) is 42.1 Å². The van der Waals surface area contributed by atoms with Crippen molar-refractivity contribution in [3.05, 3.63) is 69.9 Å². The minimum atomic E-state index is -1.32. The molecule has 30 heavy (non-hydrogen) atoms. The molecule has 5 N–H and O–H groups in total. The van der Waals surface area contributed by atoms with Gasteiger partial charge in [-0.1, -0.05) is 30.3 Å². The molecule has 7 nitrogen and oxygen atoms in total. The van der Waals surface area contributed by atoms with Gasteiger partial charge in [-0.15, -0.1) is 0 Å². The molecule has 0 saturated heterocycles. The number of fused-ring (bicyclic) bond motifs is 2. The zero-order chi connectivity index (χ0) is 21.6. The summed E-state index contributed by atoms with van der Waals surface area (Å²) in [5.41, 5.74) is -0.766. The number of nitrogens with one attached hydrogen (secondary N) is 1. The fourth-order valence-electron chi connectivity index (χ4n) is 4.28. The van der Waals surface area contributed by atoms with E-state index in [1.54, 1.807) is 0 Å². The summed E-state index contributed by atoms with van der Waals surface area (Å²) >= 11 is 0. The maximum Gasteiger partial charge on any atom is 0.213 e. The number of aromatic hydroxyl groups is 2. The van der Waals surface area contributed by atoms with E-state index in [1.807, 2.05) is 30.3 Å². The molecule has 0 radical (unpaired) electrons. The molecule has 0 spiro atoms. The largest absolute Gasteiger partial charge is 0.507 e. The molecule has 4 rings (SSSR count). The summed E-state index contributed by atoms with van der Waals surface area (Å²) in [6, 6.07) is 9.63. The zero-order valence-corrected chi connectivity index (χ0v) is 16.5. The van der Waals surface area contributed by atoms with Crippen LogP contribution in [0, 0.1) is 0 Å². The second-order valence-electron chi connectivity index (χ2n) is 8.15. The van der Waals surface area contributed by atoms with Gasteiger partial charge in [0.05, 0.1) is 28.5 Å². The minimum Gasteiger partial charge on any atom is -0.507 e. The monoisotopic (exact) mass is 409 g/mol. The molecule has 2 atom stereocenters. The number of carbonyl (C=O) groups excluding carboxylic acids is 2. The summed E-state index contributed by atoms with van der Waals surface area (Å²) in [6.45, 7) is 1.90. The summed E-state index contributed by atoms with van der Waals surface area (Å²) in [5.74, 6) is -2.25. The van der Waals surface area contributed by atoms with Gasteiger partial charge in [-0.25, -0.2) is 0 Å². The molecule has 0 fully saturated rings. The number of hydrogen-bond acceptors (Lipinski definition) is 7. The molecule has 2 aliphatic carbocycles. The number of Topliss-reactive ketones (excluding diaryl/α,β-unsaturated/α-hetero) is 1. The molecule has 0 aromatic heterocycles. The first-order chi connectivity index (χ1) is 14.2. The van der Waals surface area contributed by atoms with Crippen LogP contribution in [0.5, 0.6) is 11.5 Å². The van der Waals surface area contributed by atoms with Crippen molar-refractivity contribution in [2.75, 3.05) is 6.54 Å². The van der Waals surface area contributed by atoms with Gasteiger partial charge in [-0.2, -0.15) is 0 Å². The second kappa shape index (κ2) is 7.27. The minimum absolute atomic E-state index is 0.00666. The van der Waals surface area contributed by atoms with Crippen LogP contribution >= 0.6 is 0 Å². The first kappa shape index (κ1) is 20.1. The molecule has 2 aromatic rings. The lowest BCUT2D eigenvalue weighted by Gasteiger charge is -2.35. The Morgan fingerprint density at radius 3 is 2.50 bits per heavy atom. The van der Waals surface area contributed by atoms with Crippen molar-refractivity contribution < 1.29 is 30.0 Å². The second-order valence-corrected chi connectivity index (χ2v) is 8.15. The number of hydrogen-bond donors (Lipinski definition) is 5. The number of ketones is 2. The molecule has 0 unspecified atom stereocenters. The maximum absolute atomic E-state index is 13.0. The summed E-state index contributed by atoms with van der Waals surface area (Å²) < 4.78 is 0. The molecular weight excluding hydrogens is 386 g/mol. The quantitative estimate of drug-likeness (QED) is 0.488. The van der Waals surface area contributed by atoms with Gasteiger partial charge in [-0.05, 0) is 18.9 Å². The molecule has 0 heterocycles. The number of allylic oxidation sites excluding steroid dienone is 2. The third-order valence-electron chi connectivity index (χ3n) is 5.68. The van der Waals surface area contributed by atoms with Crippen LogP contribution in [-0.2, 0) is 12.8 Å². The summed E-state index contributed by atoms with van der Waals surface area (Å²) in [4.78, 5) is 25.7. The lowest BCUT2D eigenvalue weighted by molar-refractivity contribution is -0.00904. The van der Waals surface area contributed by atoms with Crippen molar-refractivity contribution in [3.63, 3.8) is 0 Å². The highest BCUT2D eigenvalue weighted by Gasteiger charge is 2.42. The van der Waals surface area contributed by atoms with Gasteiger partial charge >= 0.3 is 0 Å². The van der Waals surface area contributed by atoms with Gasteiger partial charge in [0.25, 0.3) is 0 Å². The highest BCUT2D eigenvalue weighted by molar-refractivity contribution is 6.26. The highest BCUT2D eigenvalue weighted by Crippen LogP contribution is 2.49. The molecule has 2 aliphatic rings. The van der Waals surface area contributed by atoms with E-state index < -0.39 is 34.8 Å². The topological polar surface area (TPSA) is 127 Å². The Morgan fingerprint density at radius 2 is 1.80 bits per heavy atom. The van der Waals surface area contributed by atoms with Crippen LogP contribution in [-0.4, -0.2) is 44.1 Å². The molecule has 7 heteroatoms. The van der Waals surface area contributed by atoms with E-state index in [9.17, 15) is 30.0 Å². The Labute approximate surface area is 173 Å². The molecule has 0 bridgehead atoms. The van der Waals surface area contributed by atoms with E-state index in [-0.39, 0.29) is 40.8 Å². The zero-order valence-electron chi connectivity index (χ0n) is 16.5. The Balaban J connectivity index is 1.68. The number of aliphatic hydroxyl groups is 2. The van der Waals surface area contributed by atoms with E-state index >= 15 is 0 Å². The van der Waals surface area contributed by atoms with Crippen molar-refractivity contribution in [3.8, 4) is 11.5 Å². The predicted octanol–water partition coefficient (Wildman–Crippen LogP) is 1.92. The molecule has 2 aromatic carbocycles. The molecule has 0 aliphatic heterocycles. The van der Waals surface area contributed by atoms with Crippen molar-refractivity contribution in [1.82, 2.24) is 5.32 Å². The Bertz CT molecular complexity index is 1070. The van der Waals surface area contributed by atoms with Gasteiger partial charge in [-0.3, -0.25) is 9.59 Å². The van der Waals surface area contributed by atoms with Gasteiger partial charge < -0.3 is 25.7 Å². The van der Waals surface area contributed by atoms with Crippen LogP contribution in [0.3, 0.4) is 0 Å². The number of aliphatic hydroxyl groups excluding tert-OH is 1. The fourth-order valence-corrected chi connectivity index (χ4v) is 4.28. The van der Waals surface area contributed by atoms with E-state index in [1.165, 1.54) is 6.92 Å². The molecule has 156 valence electrons. The maximum atomic E-state index is 13.0. The number of phenolic OH excluding ortho intramolecular Hbond substituents is 2. The van der Waals surface area contributed by atoms with Crippen LogP contribution in [0.2, 0.25) is 0 Å². The number of carbonyl (C=O) groups is 2. The standard InChI is InChI=1S/C23H23NO6/c1-23(30)10-13-17(16(26)11-23)22(29)18-15(25)9-14(21(28)19(18)20(13)27)24-8-7-12-5-3-2-4-6-12/h2-6,9,16,24,26-27,29-30H,7-8,10-11H2,1H3/t16-,23-/m0/s1. The van der Waals surface area contributed by atoms with Crippen molar-refractivity contribution in [2.24, 2.45) is 0 Å². The van der Waals surface area contributed by atoms with Crippen molar-refractivity contribution in [2.45, 2.75) is 37.9 Å². The average molecular weight is 409 g/mol. The molecule has 0 amide bonds. The third-order valence-corrected chi connectivity index (χ3v) is 5.68. The van der Waals surface area contributed by atoms with Gasteiger partial charge in [0.15, 0.2) is 5.78 Å². The third kappa shape index (κ3) is 3.36. The Kier molecular flexibility index (Phi) is 4.88. The lowest BCUT2D eigenvalue weighted by Crippen LogP contribution is -2.36. The van der Waals surface area contributed by atoms with Gasteiger partial charge in [0.1, 0.15) is 11.5 Å². The van der Waals surface area contributed by atoms with E-state index in [4.69, 9.17) is 0 Å². The summed E-state index contributed by atoms with van der Waals surface area (Å²) in [5, 5.41) is 45.2. The van der Waals surface area contributed by atoms with Gasteiger partial charge in [0.2, 0.25) is 5.78 Å². The van der Waals surface area contributed by atoms with Crippen LogP contribution in [0.25, 0.3) is 0 Å². The Hall–Kier alpha value is -3.16. The first-order valence-corrected chi connectivity index (χ1v) is 9.79. The Morgan fingerprint density at radius 1 is 1.10 bits per heavy atom. The fraction of sp³-hybridized carbons (Fsp3) is 0.304. The van der Waals surface area contributed by atoms with Crippen molar-refractivity contribution >= 4 is 11.6 Å².